The van der Waals surface area contributed by atoms with Gasteiger partial charge < -0.3 is 15.8 Å². The third-order valence-electron chi connectivity index (χ3n) is 4.08. The van der Waals surface area contributed by atoms with Crippen LogP contribution in [-0.4, -0.2) is 23.0 Å². The highest BCUT2D eigenvalue weighted by atomic mass is 35.5. The molecule has 8 heteroatoms. The van der Waals surface area contributed by atoms with E-state index in [1.54, 1.807) is 42.7 Å². The monoisotopic (exact) mass is 419 g/mol. The van der Waals surface area contributed by atoms with Gasteiger partial charge in [-0.05, 0) is 43.2 Å². The summed E-state index contributed by atoms with van der Waals surface area (Å²) in [6.07, 6.45) is 4.85. The van der Waals surface area contributed by atoms with Crippen molar-refractivity contribution in [2.24, 2.45) is 5.73 Å². The average Bonchev–Trinajstić information content (AvgIpc) is 2.62. The topological polar surface area (TPSA) is 77.2 Å². The van der Waals surface area contributed by atoms with Gasteiger partial charge in [0.1, 0.15) is 11.5 Å². The average molecular weight is 421 g/mol. The fourth-order valence-corrected chi connectivity index (χ4v) is 2.34. The number of aromatic nitrogens is 1. The van der Waals surface area contributed by atoms with Gasteiger partial charge in [-0.25, -0.2) is 0 Å². The maximum atomic E-state index is 12.3. The molecule has 2 aromatic rings. The molecule has 5 nitrogen and oxygen atoms in total. The number of rotatable bonds is 7. The molecule has 0 fully saturated rings. The molecule has 0 aliphatic rings. The van der Waals surface area contributed by atoms with E-state index >= 15 is 0 Å². The predicted octanol–water partition coefficient (Wildman–Crippen LogP) is 4.62. The highest BCUT2D eigenvalue weighted by molar-refractivity contribution is 6.32. The van der Waals surface area contributed by atoms with Crippen molar-refractivity contribution in [3.05, 3.63) is 53.3 Å². The number of carbonyl (C=O) groups is 1. The Morgan fingerprint density at radius 1 is 1.19 bits per heavy atom. The Morgan fingerprint density at radius 2 is 1.81 bits per heavy atom. The van der Waals surface area contributed by atoms with Gasteiger partial charge in [0.05, 0.1) is 5.02 Å². The molecule has 1 aromatic carbocycles. The number of hydrogen-bond acceptors (Lipinski definition) is 4. The molecule has 0 saturated carbocycles. The number of amides is 1. The lowest BCUT2D eigenvalue weighted by atomic mass is 9.94. The lowest BCUT2D eigenvalue weighted by Crippen LogP contribution is -2.49. The first-order valence-electron chi connectivity index (χ1n) is 7.92. The quantitative estimate of drug-likeness (QED) is 0.685. The van der Waals surface area contributed by atoms with Crippen molar-refractivity contribution in [1.82, 2.24) is 10.3 Å². The Labute approximate surface area is 171 Å². The molecule has 1 heterocycles. The van der Waals surface area contributed by atoms with Crippen molar-refractivity contribution in [2.75, 3.05) is 6.54 Å². The third-order valence-corrected chi connectivity index (χ3v) is 4.38. The number of pyridine rings is 1. The van der Waals surface area contributed by atoms with Gasteiger partial charge in [-0.1, -0.05) is 25.4 Å². The van der Waals surface area contributed by atoms with E-state index in [0.29, 0.717) is 28.6 Å². The summed E-state index contributed by atoms with van der Waals surface area (Å²) in [5, 5.41) is 3.23. The number of halogens is 3. The Balaban J connectivity index is 0.00000312. The SMILES string of the molecule is CCC(N)(CC)CNC(=O)c1ccc(Oc2ccncc2)c(Cl)c1.Cl.Cl. The summed E-state index contributed by atoms with van der Waals surface area (Å²) < 4.78 is 5.67. The van der Waals surface area contributed by atoms with Gasteiger partial charge in [0, 0.05) is 30.0 Å². The van der Waals surface area contributed by atoms with Crippen LogP contribution in [0, 0.1) is 0 Å². The van der Waals surface area contributed by atoms with Crippen LogP contribution in [0.1, 0.15) is 37.0 Å². The number of nitrogens with zero attached hydrogens (tertiary/aromatic N) is 1. The molecular weight excluding hydrogens is 397 g/mol. The van der Waals surface area contributed by atoms with Crippen LogP contribution >= 0.6 is 36.4 Å². The lowest BCUT2D eigenvalue weighted by Gasteiger charge is -2.26. The second-order valence-electron chi connectivity index (χ2n) is 5.68. The minimum Gasteiger partial charge on any atom is -0.456 e. The zero-order valence-corrected chi connectivity index (χ0v) is 17.1. The zero-order valence-electron chi connectivity index (χ0n) is 14.7. The van der Waals surface area contributed by atoms with Gasteiger partial charge in [0.2, 0.25) is 0 Å². The van der Waals surface area contributed by atoms with E-state index in [1.165, 1.54) is 0 Å². The van der Waals surface area contributed by atoms with E-state index in [2.05, 4.69) is 10.3 Å². The highest BCUT2D eigenvalue weighted by Gasteiger charge is 2.21. The molecule has 0 aliphatic carbocycles. The van der Waals surface area contributed by atoms with Crippen LogP contribution in [0.4, 0.5) is 0 Å². The van der Waals surface area contributed by atoms with Crippen LogP contribution in [0.3, 0.4) is 0 Å². The Kier molecular flexibility index (Phi) is 10.6. The van der Waals surface area contributed by atoms with Gasteiger partial charge in [-0.2, -0.15) is 0 Å². The molecule has 0 radical (unpaired) electrons. The van der Waals surface area contributed by atoms with E-state index in [1.807, 2.05) is 13.8 Å². The maximum absolute atomic E-state index is 12.3. The number of ether oxygens (including phenoxy) is 1. The van der Waals surface area contributed by atoms with E-state index in [0.717, 1.165) is 12.8 Å². The van der Waals surface area contributed by atoms with Crippen molar-refractivity contribution < 1.29 is 9.53 Å². The molecule has 1 amide bonds. The summed E-state index contributed by atoms with van der Waals surface area (Å²) in [6, 6.07) is 8.39. The van der Waals surface area contributed by atoms with Crippen molar-refractivity contribution in [3.63, 3.8) is 0 Å². The summed E-state index contributed by atoms with van der Waals surface area (Å²) in [5.74, 6) is 0.904. The van der Waals surface area contributed by atoms with Crippen molar-refractivity contribution in [1.29, 1.82) is 0 Å². The van der Waals surface area contributed by atoms with Crippen LogP contribution in [0.5, 0.6) is 11.5 Å². The van der Waals surface area contributed by atoms with E-state index in [9.17, 15) is 4.79 Å². The van der Waals surface area contributed by atoms with Crippen molar-refractivity contribution in [2.45, 2.75) is 32.2 Å². The van der Waals surface area contributed by atoms with Crippen LogP contribution in [0.2, 0.25) is 5.02 Å². The zero-order chi connectivity index (χ0) is 17.6. The fraction of sp³-hybridized carbons (Fsp3) is 0.333. The minimum absolute atomic E-state index is 0. The summed E-state index contributed by atoms with van der Waals surface area (Å²) in [5.41, 5.74) is 6.28. The van der Waals surface area contributed by atoms with E-state index in [4.69, 9.17) is 22.1 Å². The number of carbonyl (C=O) groups excluding carboxylic acids is 1. The second kappa shape index (κ2) is 11.2. The van der Waals surface area contributed by atoms with E-state index in [-0.39, 0.29) is 36.3 Å². The molecule has 0 saturated heterocycles. The molecule has 26 heavy (non-hydrogen) atoms. The maximum Gasteiger partial charge on any atom is 0.251 e. The van der Waals surface area contributed by atoms with Gasteiger partial charge in [0.15, 0.2) is 0 Å². The molecule has 1 aromatic heterocycles. The van der Waals surface area contributed by atoms with Crippen LogP contribution in [0.25, 0.3) is 0 Å². The molecule has 3 N–H and O–H groups in total. The summed E-state index contributed by atoms with van der Waals surface area (Å²) in [7, 11) is 0. The largest absolute Gasteiger partial charge is 0.456 e. The molecule has 144 valence electrons. The van der Waals surface area contributed by atoms with E-state index < -0.39 is 0 Å². The first kappa shape index (κ1) is 24.5. The third kappa shape index (κ3) is 6.65. The van der Waals surface area contributed by atoms with Crippen molar-refractivity contribution in [3.8, 4) is 11.5 Å². The summed E-state index contributed by atoms with van der Waals surface area (Å²) >= 11 is 6.22. The molecule has 0 atom stereocenters. The molecule has 0 aliphatic heterocycles. The molecular formula is C18H24Cl3N3O2. The first-order valence-corrected chi connectivity index (χ1v) is 8.29. The Hall–Kier alpha value is -1.53. The van der Waals surface area contributed by atoms with Crippen LogP contribution in [-0.2, 0) is 0 Å². The summed E-state index contributed by atoms with van der Waals surface area (Å²) in [4.78, 5) is 16.2. The molecule has 0 spiro atoms. The Morgan fingerprint density at radius 3 is 2.35 bits per heavy atom. The molecule has 0 unspecified atom stereocenters. The molecule has 0 bridgehead atoms. The van der Waals surface area contributed by atoms with Gasteiger partial charge in [0.25, 0.3) is 5.91 Å². The van der Waals surface area contributed by atoms with Crippen LogP contribution < -0.4 is 15.8 Å². The Bertz CT molecular complexity index is 695. The van der Waals surface area contributed by atoms with Crippen LogP contribution in [0.15, 0.2) is 42.7 Å². The number of benzene rings is 1. The van der Waals surface area contributed by atoms with Gasteiger partial charge in [-0.3, -0.25) is 9.78 Å². The smallest absolute Gasteiger partial charge is 0.251 e. The lowest BCUT2D eigenvalue weighted by molar-refractivity contribution is 0.0942. The highest BCUT2D eigenvalue weighted by Crippen LogP contribution is 2.29. The first-order chi connectivity index (χ1) is 11.5. The standard InChI is InChI=1S/C18H22ClN3O2.2ClH/c1-3-18(20,4-2)12-22-17(23)13-5-6-16(15(19)11-13)24-14-7-9-21-10-8-14;;/h5-11H,3-4,12,20H2,1-2H3,(H,22,23);2*1H. The summed E-state index contributed by atoms with van der Waals surface area (Å²) in [6.45, 7) is 4.45. The van der Waals surface area contributed by atoms with Crippen molar-refractivity contribution >= 4 is 42.3 Å². The normalized spacial score (nSPS) is 10.3. The minimum atomic E-state index is -0.385. The number of hydrogen-bond donors (Lipinski definition) is 2. The van der Waals surface area contributed by atoms with Gasteiger partial charge >= 0.3 is 0 Å². The van der Waals surface area contributed by atoms with Gasteiger partial charge in [-0.15, -0.1) is 24.8 Å². The number of nitrogens with two attached hydrogens (primary N) is 1. The fourth-order valence-electron chi connectivity index (χ4n) is 2.12. The predicted molar refractivity (Wildman–Crippen MR) is 110 cm³/mol. The number of nitrogens with one attached hydrogen (secondary N) is 1. The molecule has 2 rings (SSSR count). The second-order valence-corrected chi connectivity index (χ2v) is 6.09.